The predicted molar refractivity (Wildman–Crippen MR) is 87.2 cm³/mol. The predicted octanol–water partition coefficient (Wildman–Crippen LogP) is 3.55. The normalized spacial score (nSPS) is 28.7. The zero-order chi connectivity index (χ0) is 14.9. The lowest BCUT2D eigenvalue weighted by atomic mass is 9.65. The van der Waals surface area contributed by atoms with Crippen molar-refractivity contribution in [1.82, 2.24) is 15.1 Å². The van der Waals surface area contributed by atoms with Gasteiger partial charge in [-0.1, -0.05) is 13.8 Å². The van der Waals surface area contributed by atoms with Gasteiger partial charge in [-0.3, -0.25) is 4.68 Å². The minimum Gasteiger partial charge on any atom is -0.314 e. The molecule has 0 radical (unpaired) electrons. The molecule has 3 nitrogen and oxygen atoms in total. The summed E-state index contributed by atoms with van der Waals surface area (Å²) in [5.74, 6) is 1.76. The molecule has 2 unspecified atom stereocenters. The first-order chi connectivity index (χ1) is 10.0. The third kappa shape index (κ3) is 4.32. The van der Waals surface area contributed by atoms with E-state index in [0.717, 1.165) is 17.9 Å². The van der Waals surface area contributed by atoms with Gasteiger partial charge in [0.1, 0.15) is 0 Å². The Morgan fingerprint density at radius 3 is 2.76 bits per heavy atom. The van der Waals surface area contributed by atoms with Crippen molar-refractivity contribution in [2.45, 2.75) is 64.8 Å². The maximum atomic E-state index is 4.30. The van der Waals surface area contributed by atoms with E-state index in [1.54, 1.807) is 0 Å². The summed E-state index contributed by atoms with van der Waals surface area (Å²) >= 11 is 0. The molecule has 1 aromatic heterocycles. The average molecular weight is 289 g/mol. The third-order valence-electron chi connectivity index (χ3n) is 5.48. The smallest absolute Gasteiger partial charge is 0.0521 e. The van der Waals surface area contributed by atoms with Crippen molar-refractivity contribution in [2.24, 2.45) is 24.3 Å². The van der Waals surface area contributed by atoms with Crippen LogP contribution in [-0.4, -0.2) is 22.4 Å². The molecule has 2 fully saturated rings. The van der Waals surface area contributed by atoms with Crippen LogP contribution in [-0.2, 0) is 13.5 Å². The Bertz CT molecular complexity index is 457. The summed E-state index contributed by atoms with van der Waals surface area (Å²) in [6.45, 7) is 6.15. The average Bonchev–Trinajstić information content (AvgIpc) is 3.16. The number of aromatic nitrogens is 2. The number of aryl methyl sites for hydroxylation is 2. The lowest BCUT2D eigenvalue weighted by Gasteiger charge is -2.41. The maximum absolute atomic E-state index is 4.30. The van der Waals surface area contributed by atoms with Crippen molar-refractivity contribution >= 4 is 0 Å². The standard InChI is InChI=1S/C18H31N3/c1-18(2)9-8-16(12-19-17-6-7-17)15(10-18)5-4-14-11-20-21(3)13-14/h11,13,15-17,19H,4-10,12H2,1-3H3. The molecule has 118 valence electrons. The summed E-state index contributed by atoms with van der Waals surface area (Å²) in [5.41, 5.74) is 1.94. The largest absolute Gasteiger partial charge is 0.314 e. The summed E-state index contributed by atoms with van der Waals surface area (Å²) in [7, 11) is 2.01. The Kier molecular flexibility index (Phi) is 4.39. The second-order valence-corrected chi connectivity index (χ2v) is 8.17. The first-order valence-electron chi connectivity index (χ1n) is 8.73. The van der Waals surface area contributed by atoms with Crippen LogP contribution in [0.1, 0.15) is 57.9 Å². The van der Waals surface area contributed by atoms with Crippen LogP contribution >= 0.6 is 0 Å². The van der Waals surface area contributed by atoms with E-state index in [4.69, 9.17) is 0 Å². The van der Waals surface area contributed by atoms with Crippen molar-refractivity contribution in [1.29, 1.82) is 0 Å². The van der Waals surface area contributed by atoms with Crippen LogP contribution in [0.15, 0.2) is 12.4 Å². The number of nitrogens with zero attached hydrogens (tertiary/aromatic N) is 2. The van der Waals surface area contributed by atoms with Gasteiger partial charge in [-0.05, 0) is 74.3 Å². The molecule has 0 aliphatic heterocycles. The van der Waals surface area contributed by atoms with Gasteiger partial charge < -0.3 is 5.32 Å². The Morgan fingerprint density at radius 2 is 2.10 bits per heavy atom. The summed E-state index contributed by atoms with van der Waals surface area (Å²) in [4.78, 5) is 0. The topological polar surface area (TPSA) is 29.9 Å². The molecular weight excluding hydrogens is 258 g/mol. The molecule has 0 aromatic carbocycles. The molecule has 1 heterocycles. The first-order valence-corrected chi connectivity index (χ1v) is 8.73. The monoisotopic (exact) mass is 289 g/mol. The van der Waals surface area contributed by atoms with Gasteiger partial charge in [0.2, 0.25) is 0 Å². The van der Waals surface area contributed by atoms with Crippen LogP contribution in [0.3, 0.4) is 0 Å². The number of rotatable bonds is 6. The Balaban J connectivity index is 1.55. The zero-order valence-corrected chi connectivity index (χ0v) is 13.9. The summed E-state index contributed by atoms with van der Waals surface area (Å²) < 4.78 is 1.92. The summed E-state index contributed by atoms with van der Waals surface area (Å²) in [5, 5.41) is 8.07. The second kappa shape index (κ2) is 6.12. The molecule has 2 aliphatic carbocycles. The molecule has 1 aromatic rings. The molecular formula is C18H31N3. The molecule has 2 aliphatic rings. The number of hydrogen-bond donors (Lipinski definition) is 1. The van der Waals surface area contributed by atoms with Gasteiger partial charge in [-0.2, -0.15) is 5.10 Å². The SMILES string of the molecule is Cn1cc(CCC2CC(C)(C)CCC2CNC2CC2)cn1. The highest BCUT2D eigenvalue weighted by atomic mass is 15.2. The van der Waals surface area contributed by atoms with E-state index >= 15 is 0 Å². The van der Waals surface area contributed by atoms with Gasteiger partial charge in [0.25, 0.3) is 0 Å². The molecule has 2 atom stereocenters. The lowest BCUT2D eigenvalue weighted by molar-refractivity contribution is 0.110. The quantitative estimate of drug-likeness (QED) is 0.868. The van der Waals surface area contributed by atoms with Gasteiger partial charge in [0, 0.05) is 19.3 Å². The van der Waals surface area contributed by atoms with E-state index in [9.17, 15) is 0 Å². The van der Waals surface area contributed by atoms with Crippen molar-refractivity contribution < 1.29 is 0 Å². The minimum absolute atomic E-state index is 0.537. The summed E-state index contributed by atoms with van der Waals surface area (Å²) in [6.07, 6.45) is 13.7. The highest BCUT2D eigenvalue weighted by molar-refractivity contribution is 5.04. The maximum Gasteiger partial charge on any atom is 0.0521 e. The fourth-order valence-electron chi connectivity index (χ4n) is 3.96. The van der Waals surface area contributed by atoms with Crippen LogP contribution in [0, 0.1) is 17.3 Å². The van der Waals surface area contributed by atoms with E-state index in [0.29, 0.717) is 5.41 Å². The highest BCUT2D eigenvalue weighted by Crippen LogP contribution is 2.43. The number of nitrogens with one attached hydrogen (secondary N) is 1. The van der Waals surface area contributed by atoms with Crippen LogP contribution in [0.25, 0.3) is 0 Å². The van der Waals surface area contributed by atoms with Gasteiger partial charge in [-0.25, -0.2) is 0 Å². The zero-order valence-electron chi connectivity index (χ0n) is 13.9. The van der Waals surface area contributed by atoms with Crippen LogP contribution < -0.4 is 5.32 Å². The molecule has 2 saturated carbocycles. The highest BCUT2D eigenvalue weighted by Gasteiger charge is 2.35. The van der Waals surface area contributed by atoms with E-state index in [2.05, 4.69) is 30.5 Å². The Morgan fingerprint density at radius 1 is 1.29 bits per heavy atom. The second-order valence-electron chi connectivity index (χ2n) is 8.17. The molecule has 0 spiro atoms. The van der Waals surface area contributed by atoms with Gasteiger partial charge in [-0.15, -0.1) is 0 Å². The Labute approximate surface area is 129 Å². The van der Waals surface area contributed by atoms with Crippen molar-refractivity contribution in [3.63, 3.8) is 0 Å². The van der Waals surface area contributed by atoms with E-state index in [1.807, 2.05) is 17.9 Å². The molecule has 3 rings (SSSR count). The van der Waals surface area contributed by atoms with Crippen molar-refractivity contribution in [2.75, 3.05) is 6.54 Å². The molecule has 21 heavy (non-hydrogen) atoms. The fourth-order valence-corrected chi connectivity index (χ4v) is 3.96. The van der Waals surface area contributed by atoms with E-state index < -0.39 is 0 Å². The minimum atomic E-state index is 0.537. The molecule has 0 saturated heterocycles. The molecule has 0 bridgehead atoms. The van der Waals surface area contributed by atoms with Gasteiger partial charge in [0.15, 0.2) is 0 Å². The molecule has 3 heteroatoms. The third-order valence-corrected chi connectivity index (χ3v) is 5.48. The van der Waals surface area contributed by atoms with Crippen molar-refractivity contribution in [3.8, 4) is 0 Å². The van der Waals surface area contributed by atoms with Crippen LogP contribution in [0.5, 0.6) is 0 Å². The molecule has 1 N–H and O–H groups in total. The van der Waals surface area contributed by atoms with Gasteiger partial charge in [0.05, 0.1) is 6.20 Å². The first kappa shape index (κ1) is 15.1. The van der Waals surface area contributed by atoms with E-state index in [-0.39, 0.29) is 0 Å². The van der Waals surface area contributed by atoms with Crippen LogP contribution in [0.2, 0.25) is 0 Å². The molecule has 0 amide bonds. The van der Waals surface area contributed by atoms with Gasteiger partial charge >= 0.3 is 0 Å². The summed E-state index contributed by atoms with van der Waals surface area (Å²) in [6, 6.07) is 0.846. The fraction of sp³-hybridized carbons (Fsp3) is 0.833. The van der Waals surface area contributed by atoms with Crippen LogP contribution in [0.4, 0.5) is 0 Å². The number of hydrogen-bond acceptors (Lipinski definition) is 2. The Hall–Kier alpha value is -0.830. The van der Waals surface area contributed by atoms with Crippen molar-refractivity contribution in [3.05, 3.63) is 18.0 Å². The van der Waals surface area contributed by atoms with E-state index in [1.165, 1.54) is 57.1 Å². The lowest BCUT2D eigenvalue weighted by Crippen LogP contribution is -2.36.